The minimum atomic E-state index is -0.118. The average molecular weight is 295 g/mol. The molecule has 1 N–H and O–H groups in total. The highest BCUT2D eigenvalue weighted by Crippen LogP contribution is 2.32. The quantitative estimate of drug-likeness (QED) is 0.816. The van der Waals surface area contributed by atoms with E-state index in [1.807, 2.05) is 6.07 Å². The van der Waals surface area contributed by atoms with Crippen molar-refractivity contribution in [3.05, 3.63) is 35.1 Å². The van der Waals surface area contributed by atoms with Gasteiger partial charge in [0.05, 0.1) is 0 Å². The Balaban J connectivity index is 2.10. The van der Waals surface area contributed by atoms with Crippen LogP contribution >= 0.6 is 11.8 Å². The third-order valence-electron chi connectivity index (χ3n) is 4.17. The topological polar surface area (TPSA) is 12.0 Å². The maximum Gasteiger partial charge on any atom is 0.123 e. The Hall–Kier alpha value is -0.540. The predicted octanol–water partition coefficient (Wildman–Crippen LogP) is 4.71. The summed E-state index contributed by atoms with van der Waals surface area (Å²) in [5.41, 5.74) is 2.35. The molecule has 0 spiro atoms. The van der Waals surface area contributed by atoms with Crippen molar-refractivity contribution in [2.45, 2.75) is 45.6 Å². The summed E-state index contributed by atoms with van der Waals surface area (Å²) in [6.45, 7) is 5.27. The van der Waals surface area contributed by atoms with Crippen LogP contribution in [0.1, 0.15) is 49.8 Å². The fourth-order valence-electron chi connectivity index (χ4n) is 2.94. The molecule has 1 atom stereocenters. The Bertz CT molecular complexity index is 415. The van der Waals surface area contributed by atoms with E-state index in [1.165, 1.54) is 29.9 Å². The van der Waals surface area contributed by atoms with E-state index >= 15 is 0 Å². The van der Waals surface area contributed by atoms with Gasteiger partial charge in [0.2, 0.25) is 0 Å². The van der Waals surface area contributed by atoms with Gasteiger partial charge < -0.3 is 5.32 Å². The lowest BCUT2D eigenvalue weighted by molar-refractivity contribution is 0.369. The van der Waals surface area contributed by atoms with Crippen LogP contribution in [0.2, 0.25) is 0 Å². The van der Waals surface area contributed by atoms with Crippen molar-refractivity contribution in [3.63, 3.8) is 0 Å². The zero-order valence-corrected chi connectivity index (χ0v) is 13.4. The first-order valence-electron chi connectivity index (χ1n) is 7.78. The lowest BCUT2D eigenvalue weighted by Crippen LogP contribution is -2.26. The van der Waals surface area contributed by atoms with E-state index in [9.17, 15) is 4.39 Å². The molecule has 2 rings (SSSR count). The summed E-state index contributed by atoms with van der Waals surface area (Å²) in [5.74, 6) is 3.24. The van der Waals surface area contributed by atoms with Gasteiger partial charge >= 0.3 is 0 Å². The lowest BCUT2D eigenvalue weighted by Gasteiger charge is -2.28. The molecule has 1 unspecified atom stereocenters. The molecule has 1 aliphatic rings. The summed E-state index contributed by atoms with van der Waals surface area (Å²) >= 11 is 2.06. The van der Waals surface area contributed by atoms with Crippen molar-refractivity contribution in [3.8, 4) is 0 Å². The maximum atomic E-state index is 13.6. The molecule has 1 aliphatic heterocycles. The zero-order valence-electron chi connectivity index (χ0n) is 12.6. The predicted molar refractivity (Wildman–Crippen MR) is 86.8 cm³/mol. The van der Waals surface area contributed by atoms with Gasteiger partial charge in [-0.3, -0.25) is 0 Å². The van der Waals surface area contributed by atoms with E-state index in [0.29, 0.717) is 6.04 Å². The molecule has 0 amide bonds. The first-order chi connectivity index (χ1) is 9.70. The van der Waals surface area contributed by atoms with Crippen molar-refractivity contribution in [1.82, 2.24) is 5.32 Å². The highest BCUT2D eigenvalue weighted by Gasteiger charge is 2.21. The smallest absolute Gasteiger partial charge is 0.123 e. The van der Waals surface area contributed by atoms with Crippen LogP contribution in [0.5, 0.6) is 0 Å². The van der Waals surface area contributed by atoms with Gasteiger partial charge in [-0.15, -0.1) is 0 Å². The molecule has 0 aromatic heterocycles. The first-order valence-corrected chi connectivity index (χ1v) is 8.93. The molecule has 0 aliphatic carbocycles. The second-order valence-corrected chi connectivity index (χ2v) is 7.02. The van der Waals surface area contributed by atoms with Crippen LogP contribution in [0, 0.1) is 18.7 Å². The summed E-state index contributed by atoms with van der Waals surface area (Å²) in [6, 6.07) is 5.49. The van der Waals surface area contributed by atoms with Gasteiger partial charge in [-0.1, -0.05) is 13.0 Å². The summed E-state index contributed by atoms with van der Waals surface area (Å²) in [4.78, 5) is 0. The molecule has 112 valence electrons. The van der Waals surface area contributed by atoms with Crippen molar-refractivity contribution in [1.29, 1.82) is 0 Å². The standard InChI is InChI=1S/C17H26FNS/c1-3-8-19-17(11-14-6-9-20-10-7-14)16-12-15(18)5-4-13(16)2/h4-5,12,14,17,19H,3,6-11H2,1-2H3. The van der Waals surface area contributed by atoms with Gasteiger partial charge in [0.15, 0.2) is 0 Å². The van der Waals surface area contributed by atoms with Gasteiger partial charge in [0, 0.05) is 6.04 Å². The summed E-state index contributed by atoms with van der Waals surface area (Å²) < 4.78 is 13.6. The molecule has 1 aromatic carbocycles. The van der Waals surface area contributed by atoms with Crippen LogP contribution in [-0.4, -0.2) is 18.1 Å². The van der Waals surface area contributed by atoms with Gasteiger partial charge in [-0.25, -0.2) is 4.39 Å². The maximum absolute atomic E-state index is 13.6. The van der Waals surface area contributed by atoms with Gasteiger partial charge in [-0.05, 0) is 79.8 Å². The van der Waals surface area contributed by atoms with E-state index in [-0.39, 0.29) is 5.82 Å². The van der Waals surface area contributed by atoms with Crippen LogP contribution in [0.4, 0.5) is 4.39 Å². The van der Waals surface area contributed by atoms with Crippen LogP contribution in [0.15, 0.2) is 18.2 Å². The first kappa shape index (κ1) is 15.8. The highest BCUT2D eigenvalue weighted by atomic mass is 32.2. The van der Waals surface area contributed by atoms with Gasteiger partial charge in [0.1, 0.15) is 5.82 Å². The summed E-state index contributed by atoms with van der Waals surface area (Å²) in [7, 11) is 0. The minimum Gasteiger partial charge on any atom is -0.310 e. The largest absolute Gasteiger partial charge is 0.310 e. The monoisotopic (exact) mass is 295 g/mol. The molecule has 1 fully saturated rings. The lowest BCUT2D eigenvalue weighted by atomic mass is 9.89. The van der Waals surface area contributed by atoms with Crippen molar-refractivity contribution >= 4 is 11.8 Å². The van der Waals surface area contributed by atoms with E-state index in [2.05, 4.69) is 30.9 Å². The number of rotatable bonds is 6. The summed E-state index contributed by atoms with van der Waals surface area (Å²) in [6.07, 6.45) is 4.88. The van der Waals surface area contributed by atoms with Crippen LogP contribution < -0.4 is 5.32 Å². The third kappa shape index (κ3) is 4.49. The molecule has 20 heavy (non-hydrogen) atoms. The fraction of sp³-hybridized carbons (Fsp3) is 0.647. The number of aryl methyl sites for hydroxylation is 1. The Labute approximate surface area is 126 Å². The van der Waals surface area contributed by atoms with Crippen LogP contribution in [-0.2, 0) is 0 Å². The SMILES string of the molecule is CCCNC(CC1CCSCC1)c1cc(F)ccc1C. The molecule has 3 heteroatoms. The number of nitrogens with one attached hydrogen (secondary N) is 1. The van der Waals surface area contributed by atoms with Crippen molar-refractivity contribution in [2.24, 2.45) is 5.92 Å². The molecular weight excluding hydrogens is 269 g/mol. The fourth-order valence-corrected chi connectivity index (χ4v) is 4.15. The number of thioether (sulfide) groups is 1. The Morgan fingerprint density at radius 2 is 2.10 bits per heavy atom. The molecule has 0 bridgehead atoms. The molecule has 0 saturated carbocycles. The Kier molecular flexibility index (Phi) is 6.37. The summed E-state index contributed by atoms with van der Waals surface area (Å²) in [5, 5.41) is 3.63. The van der Waals surface area contributed by atoms with Crippen molar-refractivity contribution < 1.29 is 4.39 Å². The molecular formula is C17H26FNS. The minimum absolute atomic E-state index is 0.118. The van der Waals surface area contributed by atoms with Crippen LogP contribution in [0.25, 0.3) is 0 Å². The number of hydrogen-bond donors (Lipinski definition) is 1. The number of hydrogen-bond acceptors (Lipinski definition) is 2. The molecule has 1 aromatic rings. The molecule has 1 heterocycles. The Morgan fingerprint density at radius 3 is 2.80 bits per heavy atom. The van der Waals surface area contributed by atoms with E-state index in [4.69, 9.17) is 0 Å². The number of benzene rings is 1. The van der Waals surface area contributed by atoms with Crippen molar-refractivity contribution in [2.75, 3.05) is 18.1 Å². The zero-order chi connectivity index (χ0) is 14.4. The van der Waals surface area contributed by atoms with E-state index < -0.39 is 0 Å². The van der Waals surface area contributed by atoms with Gasteiger partial charge in [-0.2, -0.15) is 11.8 Å². The molecule has 0 radical (unpaired) electrons. The van der Waals surface area contributed by atoms with Crippen LogP contribution in [0.3, 0.4) is 0 Å². The highest BCUT2D eigenvalue weighted by molar-refractivity contribution is 7.99. The second-order valence-electron chi connectivity index (χ2n) is 5.80. The van der Waals surface area contributed by atoms with Gasteiger partial charge in [0.25, 0.3) is 0 Å². The molecule has 1 saturated heterocycles. The second kappa shape index (κ2) is 8.04. The van der Waals surface area contributed by atoms with E-state index in [0.717, 1.165) is 30.9 Å². The van der Waals surface area contributed by atoms with E-state index in [1.54, 1.807) is 12.1 Å². The number of halogens is 1. The average Bonchev–Trinajstić information content (AvgIpc) is 2.47. The Morgan fingerprint density at radius 1 is 1.35 bits per heavy atom. The normalized spacial score (nSPS) is 18.1. The third-order valence-corrected chi connectivity index (χ3v) is 5.22. The molecule has 1 nitrogen and oxygen atoms in total.